The highest BCUT2D eigenvalue weighted by Crippen LogP contribution is 2.11. The van der Waals surface area contributed by atoms with Crippen molar-refractivity contribution in [2.45, 2.75) is 76.3 Å². The van der Waals surface area contributed by atoms with E-state index in [1.807, 2.05) is 0 Å². The fourth-order valence-corrected chi connectivity index (χ4v) is 2.05. The first-order valence-corrected chi connectivity index (χ1v) is 7.93. The maximum absolute atomic E-state index is 11.6. The van der Waals surface area contributed by atoms with Crippen molar-refractivity contribution < 1.29 is 35.1 Å². The molecule has 5 N–H and O–H groups in total. The second-order valence-corrected chi connectivity index (χ2v) is 5.46. The molecule has 7 nitrogen and oxygen atoms in total. The minimum absolute atomic E-state index is 0.175. The predicted octanol–water partition coefficient (Wildman–Crippen LogP) is -0.284. The molecule has 22 heavy (non-hydrogen) atoms. The Hall–Kier alpha value is -0.730. The quantitative estimate of drug-likeness (QED) is 0.233. The molecule has 0 aliphatic heterocycles. The lowest BCUT2D eigenvalue weighted by atomic mass is 10.0. The predicted molar refractivity (Wildman–Crippen MR) is 80.1 cm³/mol. The molecule has 0 rings (SSSR count). The summed E-state index contributed by atoms with van der Waals surface area (Å²) in [4.78, 5) is 11.6. The third-order valence-electron chi connectivity index (χ3n) is 3.51. The van der Waals surface area contributed by atoms with Crippen LogP contribution in [0.5, 0.6) is 0 Å². The van der Waals surface area contributed by atoms with Gasteiger partial charge in [0, 0.05) is 6.42 Å². The summed E-state index contributed by atoms with van der Waals surface area (Å²) < 4.78 is 4.91. The molecule has 0 amide bonds. The molecule has 0 saturated carbocycles. The second-order valence-electron chi connectivity index (χ2n) is 5.46. The molecule has 0 bridgehead atoms. The number of carbonyl (C=O) groups is 1. The van der Waals surface area contributed by atoms with Gasteiger partial charge in [-0.15, -0.1) is 0 Å². The van der Waals surface area contributed by atoms with Gasteiger partial charge in [-0.1, -0.05) is 39.0 Å². The van der Waals surface area contributed by atoms with Gasteiger partial charge in [-0.25, -0.2) is 0 Å². The number of aliphatic hydroxyl groups excluding tert-OH is 5. The Labute approximate surface area is 131 Å². The van der Waals surface area contributed by atoms with Crippen LogP contribution in [0.2, 0.25) is 0 Å². The topological polar surface area (TPSA) is 127 Å². The Morgan fingerprint density at radius 1 is 0.909 bits per heavy atom. The van der Waals surface area contributed by atoms with Gasteiger partial charge in [-0.3, -0.25) is 4.79 Å². The Morgan fingerprint density at radius 2 is 1.50 bits per heavy atom. The molecule has 0 spiro atoms. The minimum atomic E-state index is -1.70. The van der Waals surface area contributed by atoms with Crippen molar-refractivity contribution in [3.05, 3.63) is 0 Å². The average Bonchev–Trinajstić information content (AvgIpc) is 2.53. The Morgan fingerprint density at radius 3 is 2.05 bits per heavy atom. The highest BCUT2D eigenvalue weighted by molar-refractivity contribution is 5.69. The van der Waals surface area contributed by atoms with Gasteiger partial charge in [0.05, 0.1) is 13.2 Å². The number of unbranched alkanes of at least 4 members (excludes halogenated alkanes) is 5. The first kappa shape index (κ1) is 21.3. The van der Waals surface area contributed by atoms with Crippen LogP contribution in [-0.4, -0.2) is 69.1 Å². The van der Waals surface area contributed by atoms with Crippen LogP contribution >= 0.6 is 0 Å². The summed E-state index contributed by atoms with van der Waals surface area (Å²) >= 11 is 0. The number of rotatable bonds is 13. The lowest BCUT2D eigenvalue weighted by Gasteiger charge is -2.27. The zero-order valence-corrected chi connectivity index (χ0v) is 13.2. The summed E-state index contributed by atoms with van der Waals surface area (Å²) in [5.74, 6) is -0.570. The third-order valence-corrected chi connectivity index (χ3v) is 3.51. The van der Waals surface area contributed by atoms with E-state index in [-0.39, 0.29) is 6.42 Å². The van der Waals surface area contributed by atoms with Gasteiger partial charge in [0.15, 0.2) is 6.10 Å². The largest absolute Gasteiger partial charge is 0.457 e. The van der Waals surface area contributed by atoms with Crippen molar-refractivity contribution >= 4 is 5.97 Å². The van der Waals surface area contributed by atoms with Crippen molar-refractivity contribution in [3.63, 3.8) is 0 Å². The Kier molecular flexibility index (Phi) is 12.4. The molecular formula is C15H30O7. The van der Waals surface area contributed by atoms with E-state index < -0.39 is 43.6 Å². The van der Waals surface area contributed by atoms with Crippen LogP contribution in [0.4, 0.5) is 0 Å². The number of carbonyl (C=O) groups excluding carboxylic acids is 1. The van der Waals surface area contributed by atoms with Crippen molar-refractivity contribution in [1.82, 2.24) is 0 Å². The highest BCUT2D eigenvalue weighted by atomic mass is 16.6. The summed E-state index contributed by atoms with van der Waals surface area (Å²) in [6.07, 6.45) is -0.00716. The van der Waals surface area contributed by atoms with Crippen LogP contribution < -0.4 is 0 Å². The van der Waals surface area contributed by atoms with E-state index >= 15 is 0 Å². The van der Waals surface area contributed by atoms with Crippen LogP contribution in [0.25, 0.3) is 0 Å². The molecule has 0 radical (unpaired) electrons. The van der Waals surface area contributed by atoms with Gasteiger partial charge < -0.3 is 30.3 Å². The maximum Gasteiger partial charge on any atom is 0.306 e. The van der Waals surface area contributed by atoms with E-state index in [9.17, 15) is 20.1 Å². The molecule has 0 saturated heterocycles. The van der Waals surface area contributed by atoms with Gasteiger partial charge in [0.1, 0.15) is 18.3 Å². The van der Waals surface area contributed by atoms with E-state index in [2.05, 4.69) is 6.92 Å². The molecule has 7 heteroatoms. The van der Waals surface area contributed by atoms with E-state index in [1.165, 1.54) is 6.42 Å². The number of ether oxygens (including phenoxy) is 1. The van der Waals surface area contributed by atoms with Gasteiger partial charge in [-0.2, -0.15) is 0 Å². The van der Waals surface area contributed by atoms with Gasteiger partial charge in [-0.05, 0) is 6.42 Å². The number of hydrogen-bond donors (Lipinski definition) is 5. The normalized spacial score (nSPS) is 16.8. The molecule has 0 aromatic heterocycles. The van der Waals surface area contributed by atoms with Crippen molar-refractivity contribution in [2.24, 2.45) is 0 Å². The van der Waals surface area contributed by atoms with E-state index in [1.54, 1.807) is 0 Å². The van der Waals surface area contributed by atoms with Crippen molar-refractivity contribution in [2.75, 3.05) is 13.2 Å². The standard InChI is InChI=1S/C15H30O7/c1-2-3-4-5-6-7-8-13(19)22-12(10-17)15(21)14(20)11(18)9-16/h11-12,14-18,20-21H,2-10H2,1H3/t11-,12+,14-,15-/m1/s1. The zero-order valence-electron chi connectivity index (χ0n) is 13.2. The SMILES string of the molecule is CCCCCCCCC(=O)O[C@@H](CO)[C@@H](O)[C@H](O)[C@H](O)CO. The second kappa shape index (κ2) is 12.8. The highest BCUT2D eigenvalue weighted by Gasteiger charge is 2.33. The summed E-state index contributed by atoms with van der Waals surface area (Å²) in [5.41, 5.74) is 0. The fraction of sp³-hybridized carbons (Fsp3) is 0.933. The molecule has 132 valence electrons. The first-order chi connectivity index (χ1) is 10.5. The van der Waals surface area contributed by atoms with Crippen LogP contribution in [-0.2, 0) is 9.53 Å². The van der Waals surface area contributed by atoms with Crippen LogP contribution in [0.3, 0.4) is 0 Å². The number of aliphatic hydroxyl groups is 5. The summed E-state index contributed by atoms with van der Waals surface area (Å²) in [6.45, 7) is 0.695. The van der Waals surface area contributed by atoms with Gasteiger partial charge in [0.2, 0.25) is 0 Å². The van der Waals surface area contributed by atoms with Crippen molar-refractivity contribution in [3.8, 4) is 0 Å². The zero-order chi connectivity index (χ0) is 17.0. The van der Waals surface area contributed by atoms with Crippen LogP contribution in [0, 0.1) is 0 Å². The van der Waals surface area contributed by atoms with E-state index in [0.29, 0.717) is 6.42 Å². The number of hydrogen-bond acceptors (Lipinski definition) is 7. The minimum Gasteiger partial charge on any atom is -0.457 e. The van der Waals surface area contributed by atoms with E-state index in [0.717, 1.165) is 25.7 Å². The molecule has 0 aromatic carbocycles. The lowest BCUT2D eigenvalue weighted by molar-refractivity contribution is -0.171. The molecule has 0 heterocycles. The molecule has 0 aliphatic rings. The molecule has 0 fully saturated rings. The first-order valence-electron chi connectivity index (χ1n) is 7.93. The van der Waals surface area contributed by atoms with Gasteiger partial charge in [0.25, 0.3) is 0 Å². The maximum atomic E-state index is 11.6. The summed E-state index contributed by atoms with van der Waals surface area (Å²) in [5, 5.41) is 46.3. The Balaban J connectivity index is 4.07. The van der Waals surface area contributed by atoms with E-state index in [4.69, 9.17) is 14.9 Å². The van der Waals surface area contributed by atoms with Crippen LogP contribution in [0.1, 0.15) is 51.9 Å². The molecular weight excluding hydrogens is 292 g/mol. The fourth-order valence-electron chi connectivity index (χ4n) is 2.05. The summed E-state index contributed by atoms with van der Waals surface area (Å²) in [7, 11) is 0. The molecule has 0 aliphatic carbocycles. The molecule has 4 atom stereocenters. The Bertz CT molecular complexity index is 285. The van der Waals surface area contributed by atoms with Crippen LogP contribution in [0.15, 0.2) is 0 Å². The van der Waals surface area contributed by atoms with Gasteiger partial charge >= 0.3 is 5.97 Å². The summed E-state index contributed by atoms with van der Waals surface area (Å²) in [6, 6.07) is 0. The molecule has 0 aromatic rings. The lowest BCUT2D eigenvalue weighted by Crippen LogP contribution is -2.48. The van der Waals surface area contributed by atoms with Crippen molar-refractivity contribution in [1.29, 1.82) is 0 Å². The smallest absolute Gasteiger partial charge is 0.306 e. The monoisotopic (exact) mass is 322 g/mol. The average molecular weight is 322 g/mol. The molecule has 0 unspecified atom stereocenters. The third kappa shape index (κ3) is 8.65. The number of esters is 1.